The Morgan fingerprint density at radius 2 is 1.30 bits per heavy atom. The molecule has 4 heteroatoms. The molecule has 1 saturated heterocycles. The number of aliphatic hydroxyl groups is 1. The second kappa shape index (κ2) is 7.70. The molecule has 0 aliphatic carbocycles. The summed E-state index contributed by atoms with van der Waals surface area (Å²) in [4.78, 5) is 0. The molecule has 2 aromatic rings. The molecule has 4 atom stereocenters. The molecule has 0 aromatic heterocycles. The lowest BCUT2D eigenvalue weighted by Crippen LogP contribution is -2.36. The predicted molar refractivity (Wildman–Crippen MR) is 86.6 cm³/mol. The van der Waals surface area contributed by atoms with Crippen LogP contribution in [0.3, 0.4) is 0 Å². The molecule has 1 N–H and O–H groups in total. The van der Waals surface area contributed by atoms with E-state index in [2.05, 4.69) is 0 Å². The fraction of sp³-hybridized carbons (Fsp3) is 0.368. The van der Waals surface area contributed by atoms with E-state index >= 15 is 0 Å². The fourth-order valence-electron chi connectivity index (χ4n) is 2.75. The molecule has 1 aliphatic heterocycles. The molecule has 23 heavy (non-hydrogen) atoms. The summed E-state index contributed by atoms with van der Waals surface area (Å²) in [6.45, 7) is 2.78. The quantitative estimate of drug-likeness (QED) is 0.890. The van der Waals surface area contributed by atoms with Crippen LogP contribution < -0.4 is 0 Å². The summed E-state index contributed by atoms with van der Waals surface area (Å²) < 4.78 is 17.3. The highest BCUT2D eigenvalue weighted by molar-refractivity contribution is 5.14. The first-order valence-electron chi connectivity index (χ1n) is 7.88. The summed E-state index contributed by atoms with van der Waals surface area (Å²) in [6.07, 6.45) is -1.97. The van der Waals surface area contributed by atoms with Gasteiger partial charge in [-0.1, -0.05) is 60.7 Å². The molecule has 1 heterocycles. The Hall–Kier alpha value is -1.72. The van der Waals surface area contributed by atoms with E-state index in [4.69, 9.17) is 14.2 Å². The normalized spacial score (nSPS) is 27.2. The van der Waals surface area contributed by atoms with Crippen LogP contribution in [0.2, 0.25) is 0 Å². The second-order valence-electron chi connectivity index (χ2n) is 5.75. The Morgan fingerprint density at radius 3 is 1.83 bits per heavy atom. The summed E-state index contributed by atoms with van der Waals surface area (Å²) in [5, 5.41) is 10.1. The Labute approximate surface area is 136 Å². The number of hydrogen-bond donors (Lipinski definition) is 1. The Bertz CT molecular complexity index is 533. The van der Waals surface area contributed by atoms with Crippen LogP contribution in [-0.4, -0.2) is 29.7 Å². The van der Waals surface area contributed by atoms with Gasteiger partial charge < -0.3 is 19.3 Å². The minimum absolute atomic E-state index is 0.213. The maximum atomic E-state index is 10.1. The second-order valence-corrected chi connectivity index (χ2v) is 5.75. The van der Waals surface area contributed by atoms with Crippen LogP contribution in [0.25, 0.3) is 0 Å². The van der Waals surface area contributed by atoms with E-state index in [0.29, 0.717) is 13.2 Å². The van der Waals surface area contributed by atoms with E-state index in [1.54, 1.807) is 0 Å². The lowest BCUT2D eigenvalue weighted by atomic mass is 10.1. The van der Waals surface area contributed by atoms with Crippen LogP contribution in [0.15, 0.2) is 60.7 Å². The molecule has 3 unspecified atom stereocenters. The molecule has 0 saturated carbocycles. The summed E-state index contributed by atoms with van der Waals surface area (Å²) in [5.74, 6) is 0. The average molecular weight is 314 g/mol. The minimum atomic E-state index is -0.963. The van der Waals surface area contributed by atoms with Crippen LogP contribution in [0.1, 0.15) is 18.1 Å². The largest absolute Gasteiger partial charge is 0.368 e. The van der Waals surface area contributed by atoms with Crippen LogP contribution in [0.4, 0.5) is 0 Å². The fourth-order valence-corrected chi connectivity index (χ4v) is 2.75. The maximum Gasteiger partial charge on any atom is 0.184 e. The van der Waals surface area contributed by atoms with Crippen molar-refractivity contribution >= 4 is 0 Å². The van der Waals surface area contributed by atoms with Crippen LogP contribution >= 0.6 is 0 Å². The zero-order valence-electron chi connectivity index (χ0n) is 13.2. The molecular weight excluding hydrogens is 292 g/mol. The van der Waals surface area contributed by atoms with Crippen LogP contribution in [0, 0.1) is 0 Å². The van der Waals surface area contributed by atoms with Gasteiger partial charge in [0.1, 0.15) is 12.2 Å². The highest BCUT2D eigenvalue weighted by Crippen LogP contribution is 2.26. The van der Waals surface area contributed by atoms with Gasteiger partial charge in [0, 0.05) is 0 Å². The molecule has 0 spiro atoms. The van der Waals surface area contributed by atoms with E-state index in [9.17, 15) is 5.11 Å². The van der Waals surface area contributed by atoms with Crippen molar-refractivity contribution in [1.29, 1.82) is 0 Å². The summed E-state index contributed by atoms with van der Waals surface area (Å²) in [6, 6.07) is 19.8. The first kappa shape index (κ1) is 16.1. The molecule has 2 aromatic carbocycles. The van der Waals surface area contributed by atoms with E-state index in [1.807, 2.05) is 67.6 Å². The lowest BCUT2D eigenvalue weighted by Gasteiger charge is -2.22. The van der Waals surface area contributed by atoms with Crippen molar-refractivity contribution in [3.63, 3.8) is 0 Å². The topological polar surface area (TPSA) is 47.9 Å². The first-order valence-corrected chi connectivity index (χ1v) is 7.88. The monoisotopic (exact) mass is 314 g/mol. The SMILES string of the molecule is C[C@@H]1OC(O)C(OCc2ccccc2)C1OCc1ccccc1. The minimum Gasteiger partial charge on any atom is -0.368 e. The molecule has 4 nitrogen and oxygen atoms in total. The van der Waals surface area contributed by atoms with Gasteiger partial charge in [-0.3, -0.25) is 0 Å². The van der Waals surface area contributed by atoms with E-state index in [1.165, 1.54) is 0 Å². The summed E-state index contributed by atoms with van der Waals surface area (Å²) >= 11 is 0. The number of rotatable bonds is 6. The van der Waals surface area contributed by atoms with E-state index in [0.717, 1.165) is 11.1 Å². The molecule has 0 radical (unpaired) electrons. The average Bonchev–Trinajstić information content (AvgIpc) is 2.86. The Morgan fingerprint density at radius 1 is 0.826 bits per heavy atom. The molecular formula is C19H22O4. The van der Waals surface area contributed by atoms with Crippen molar-refractivity contribution < 1.29 is 19.3 Å². The van der Waals surface area contributed by atoms with Crippen LogP contribution in [0.5, 0.6) is 0 Å². The maximum absolute atomic E-state index is 10.1. The predicted octanol–water partition coefficient (Wildman–Crippen LogP) is 2.89. The third-order valence-corrected chi connectivity index (χ3v) is 3.99. The summed E-state index contributed by atoms with van der Waals surface area (Å²) in [5.41, 5.74) is 2.14. The Kier molecular flexibility index (Phi) is 5.41. The van der Waals surface area contributed by atoms with Crippen molar-refractivity contribution in [2.24, 2.45) is 0 Å². The van der Waals surface area contributed by atoms with Gasteiger partial charge in [-0.15, -0.1) is 0 Å². The van der Waals surface area contributed by atoms with Gasteiger partial charge in [0.2, 0.25) is 0 Å². The van der Waals surface area contributed by atoms with Crippen molar-refractivity contribution in [2.45, 2.75) is 44.7 Å². The molecule has 0 bridgehead atoms. The van der Waals surface area contributed by atoms with E-state index < -0.39 is 12.4 Å². The number of aliphatic hydroxyl groups excluding tert-OH is 1. The highest BCUT2D eigenvalue weighted by Gasteiger charge is 2.43. The lowest BCUT2D eigenvalue weighted by molar-refractivity contribution is -0.147. The van der Waals surface area contributed by atoms with Crippen molar-refractivity contribution in [3.8, 4) is 0 Å². The number of benzene rings is 2. The molecule has 3 rings (SSSR count). The molecule has 1 aliphatic rings. The van der Waals surface area contributed by atoms with Crippen LogP contribution in [-0.2, 0) is 27.4 Å². The number of hydrogen-bond acceptors (Lipinski definition) is 4. The van der Waals surface area contributed by atoms with Gasteiger partial charge in [-0.2, -0.15) is 0 Å². The standard InChI is InChI=1S/C19H22O4/c1-14-17(21-12-15-8-4-2-5-9-15)18(19(20)23-14)22-13-16-10-6-3-7-11-16/h2-11,14,17-20H,12-13H2,1H3/t14-,17?,18?,19?/m0/s1. The van der Waals surface area contributed by atoms with Crippen molar-refractivity contribution in [1.82, 2.24) is 0 Å². The smallest absolute Gasteiger partial charge is 0.184 e. The van der Waals surface area contributed by atoms with Crippen molar-refractivity contribution in [2.75, 3.05) is 0 Å². The van der Waals surface area contributed by atoms with Gasteiger partial charge in [-0.25, -0.2) is 0 Å². The third-order valence-electron chi connectivity index (χ3n) is 3.99. The van der Waals surface area contributed by atoms with Gasteiger partial charge in [0.05, 0.1) is 19.3 Å². The van der Waals surface area contributed by atoms with E-state index in [-0.39, 0.29) is 12.2 Å². The van der Waals surface area contributed by atoms with Gasteiger partial charge in [0.15, 0.2) is 6.29 Å². The molecule has 0 amide bonds. The first-order chi connectivity index (χ1) is 11.2. The third kappa shape index (κ3) is 4.18. The van der Waals surface area contributed by atoms with Crippen molar-refractivity contribution in [3.05, 3.63) is 71.8 Å². The highest BCUT2D eigenvalue weighted by atomic mass is 16.7. The zero-order chi connectivity index (χ0) is 16.1. The Balaban J connectivity index is 1.60. The number of ether oxygens (including phenoxy) is 3. The molecule has 122 valence electrons. The zero-order valence-corrected chi connectivity index (χ0v) is 13.2. The molecule has 1 fully saturated rings. The van der Waals surface area contributed by atoms with Gasteiger partial charge in [0.25, 0.3) is 0 Å². The summed E-state index contributed by atoms with van der Waals surface area (Å²) in [7, 11) is 0. The van der Waals surface area contributed by atoms with Gasteiger partial charge in [-0.05, 0) is 18.1 Å². The van der Waals surface area contributed by atoms with Gasteiger partial charge >= 0.3 is 0 Å².